The van der Waals surface area contributed by atoms with Gasteiger partial charge in [-0.15, -0.1) is 0 Å². The summed E-state index contributed by atoms with van der Waals surface area (Å²) in [5.41, 5.74) is 4.59. The highest BCUT2D eigenvalue weighted by atomic mass is 15.1. The van der Waals surface area contributed by atoms with E-state index in [2.05, 4.69) is 18.8 Å². The maximum absolute atomic E-state index is 8.65. The summed E-state index contributed by atoms with van der Waals surface area (Å²) in [7, 11) is 0. The second kappa shape index (κ2) is 7.01. The topological polar surface area (TPSA) is 17.8 Å². The van der Waals surface area contributed by atoms with Crippen molar-refractivity contribution in [1.29, 1.82) is 0 Å². The minimum absolute atomic E-state index is 0.136. The van der Waals surface area contributed by atoms with Crippen LogP contribution in [0.25, 0.3) is 28.2 Å². The molecule has 0 unspecified atom stereocenters. The molecule has 0 amide bonds. The van der Waals surface area contributed by atoms with Gasteiger partial charge >= 0.3 is 0 Å². The molecule has 0 saturated carbocycles. The van der Waals surface area contributed by atoms with Gasteiger partial charge in [0.15, 0.2) is 0 Å². The van der Waals surface area contributed by atoms with Gasteiger partial charge in [0, 0.05) is 23.5 Å². The molecule has 0 N–H and O–H groups in total. The Labute approximate surface area is 157 Å². The third-order valence-corrected chi connectivity index (χ3v) is 4.49. The van der Waals surface area contributed by atoms with Crippen LogP contribution in [0.15, 0.2) is 91.2 Å². The molecule has 1 heterocycles. The summed E-state index contributed by atoms with van der Waals surface area (Å²) in [4.78, 5) is 4.60. The molecule has 26 heavy (non-hydrogen) atoms. The van der Waals surface area contributed by atoms with Gasteiger partial charge in [0.05, 0.1) is 8.43 Å². The molecule has 2 nitrogen and oxygen atoms in total. The SMILES string of the molecule is [2H]c1cc([2H])c(C(C)C)c(-n2ccnc2-c2ccccc2)c1-c1ccccc1. The lowest BCUT2D eigenvalue weighted by molar-refractivity contribution is 0.848. The molecule has 1 aromatic heterocycles. The predicted octanol–water partition coefficient (Wildman–Crippen LogP) is 6.33. The fourth-order valence-corrected chi connectivity index (χ4v) is 3.26. The third-order valence-electron chi connectivity index (χ3n) is 4.49. The van der Waals surface area contributed by atoms with Crippen molar-refractivity contribution < 1.29 is 2.74 Å². The molecule has 3 aromatic carbocycles. The van der Waals surface area contributed by atoms with E-state index in [0.717, 1.165) is 33.8 Å². The summed E-state index contributed by atoms with van der Waals surface area (Å²) in [6.45, 7) is 4.18. The van der Waals surface area contributed by atoms with E-state index in [-0.39, 0.29) is 5.92 Å². The number of para-hydroxylation sites is 1. The van der Waals surface area contributed by atoms with Crippen LogP contribution in [0.4, 0.5) is 0 Å². The van der Waals surface area contributed by atoms with Crippen LogP contribution in [0.3, 0.4) is 0 Å². The average molecular weight is 340 g/mol. The van der Waals surface area contributed by atoms with E-state index in [9.17, 15) is 0 Å². The Balaban J connectivity index is 2.09. The normalized spacial score (nSPS) is 12.1. The molecule has 0 fully saturated rings. The molecule has 0 radical (unpaired) electrons. The van der Waals surface area contributed by atoms with Crippen LogP contribution in [-0.4, -0.2) is 9.55 Å². The van der Waals surface area contributed by atoms with Gasteiger partial charge in [-0.25, -0.2) is 4.98 Å². The first-order valence-electron chi connectivity index (χ1n) is 9.86. The van der Waals surface area contributed by atoms with E-state index < -0.39 is 0 Å². The van der Waals surface area contributed by atoms with E-state index in [1.807, 2.05) is 71.4 Å². The lowest BCUT2D eigenvalue weighted by Crippen LogP contribution is -2.05. The number of hydrogen-bond acceptors (Lipinski definition) is 1. The molecule has 0 aliphatic carbocycles. The monoisotopic (exact) mass is 340 g/mol. The van der Waals surface area contributed by atoms with Gasteiger partial charge in [-0.3, -0.25) is 4.57 Å². The van der Waals surface area contributed by atoms with E-state index in [1.54, 1.807) is 12.3 Å². The molecule has 0 saturated heterocycles. The molecular formula is C24H22N2. The van der Waals surface area contributed by atoms with Gasteiger partial charge < -0.3 is 0 Å². The molecule has 2 heteroatoms. The second-order valence-corrected chi connectivity index (χ2v) is 6.58. The number of rotatable bonds is 4. The summed E-state index contributed by atoms with van der Waals surface area (Å²) in [6.07, 6.45) is 3.70. The Morgan fingerprint density at radius 1 is 0.846 bits per heavy atom. The van der Waals surface area contributed by atoms with Crippen molar-refractivity contribution in [3.05, 3.63) is 96.8 Å². The fourth-order valence-electron chi connectivity index (χ4n) is 3.26. The summed E-state index contributed by atoms with van der Waals surface area (Å²) < 4.78 is 19.2. The van der Waals surface area contributed by atoms with Crippen molar-refractivity contribution >= 4 is 0 Å². The molecule has 0 atom stereocenters. The van der Waals surface area contributed by atoms with E-state index in [1.165, 1.54) is 0 Å². The lowest BCUT2D eigenvalue weighted by atomic mass is 9.94. The van der Waals surface area contributed by atoms with Crippen LogP contribution >= 0.6 is 0 Å². The second-order valence-electron chi connectivity index (χ2n) is 6.58. The van der Waals surface area contributed by atoms with E-state index in [4.69, 9.17) is 2.74 Å². The van der Waals surface area contributed by atoms with Crippen LogP contribution < -0.4 is 0 Å². The highest BCUT2D eigenvalue weighted by molar-refractivity contribution is 5.77. The summed E-state index contributed by atoms with van der Waals surface area (Å²) in [5, 5.41) is 0. The largest absolute Gasteiger partial charge is 0.299 e. The van der Waals surface area contributed by atoms with Crippen molar-refractivity contribution in [2.24, 2.45) is 0 Å². The van der Waals surface area contributed by atoms with Gasteiger partial charge in [0.25, 0.3) is 0 Å². The number of hydrogen-bond donors (Lipinski definition) is 0. The first kappa shape index (κ1) is 14.1. The molecule has 4 rings (SSSR count). The molecule has 4 aromatic rings. The van der Waals surface area contributed by atoms with Gasteiger partial charge in [-0.2, -0.15) is 0 Å². The quantitative estimate of drug-likeness (QED) is 0.424. The minimum Gasteiger partial charge on any atom is -0.299 e. The van der Waals surface area contributed by atoms with Crippen molar-refractivity contribution in [3.63, 3.8) is 0 Å². The molecule has 0 aliphatic rings. The first-order valence-corrected chi connectivity index (χ1v) is 8.86. The summed E-state index contributed by atoms with van der Waals surface area (Å²) in [6, 6.07) is 22.4. The number of imidazole rings is 1. The Kier molecular flexibility index (Phi) is 3.80. The molecule has 0 bridgehead atoms. The highest BCUT2D eigenvalue weighted by Gasteiger charge is 2.17. The maximum atomic E-state index is 8.65. The van der Waals surface area contributed by atoms with Crippen LogP contribution in [0, 0.1) is 0 Å². The minimum atomic E-state index is 0.136. The van der Waals surface area contributed by atoms with E-state index >= 15 is 0 Å². The van der Waals surface area contributed by atoms with Crippen molar-refractivity contribution in [3.8, 4) is 28.2 Å². The molecular weight excluding hydrogens is 316 g/mol. The molecule has 0 spiro atoms. The van der Waals surface area contributed by atoms with Crippen LogP contribution in [0.1, 0.15) is 28.1 Å². The van der Waals surface area contributed by atoms with Crippen LogP contribution in [-0.2, 0) is 0 Å². The van der Waals surface area contributed by atoms with Crippen molar-refractivity contribution in [2.75, 3.05) is 0 Å². The summed E-state index contributed by atoms with van der Waals surface area (Å²) >= 11 is 0. The van der Waals surface area contributed by atoms with Gasteiger partial charge in [0.2, 0.25) is 0 Å². The summed E-state index contributed by atoms with van der Waals surface area (Å²) in [5.74, 6) is 0.946. The highest BCUT2D eigenvalue weighted by Crippen LogP contribution is 2.35. The predicted molar refractivity (Wildman–Crippen MR) is 109 cm³/mol. The lowest BCUT2D eigenvalue weighted by Gasteiger charge is -2.20. The van der Waals surface area contributed by atoms with Gasteiger partial charge in [-0.1, -0.05) is 92.7 Å². The Morgan fingerprint density at radius 3 is 2.15 bits per heavy atom. The van der Waals surface area contributed by atoms with Gasteiger partial charge in [0.1, 0.15) is 5.82 Å². The van der Waals surface area contributed by atoms with Crippen LogP contribution in [0.2, 0.25) is 0 Å². The zero-order chi connectivity index (χ0) is 19.7. The number of nitrogens with zero attached hydrogens (tertiary/aromatic N) is 2. The van der Waals surface area contributed by atoms with Crippen molar-refractivity contribution in [2.45, 2.75) is 19.8 Å². The van der Waals surface area contributed by atoms with Crippen molar-refractivity contribution in [1.82, 2.24) is 9.55 Å². The first-order chi connectivity index (χ1) is 13.6. The average Bonchev–Trinajstić information content (AvgIpc) is 3.18. The standard InChI is InChI=1S/C24H22N2/c1-18(2)21-14-9-15-22(19-10-5-3-6-11-19)23(21)26-17-16-25-24(26)20-12-7-4-8-13-20/h3-18H,1-2H3/i14D,15D. The van der Waals surface area contributed by atoms with E-state index in [0.29, 0.717) is 12.1 Å². The Bertz CT molecular complexity index is 1100. The number of benzene rings is 3. The zero-order valence-electron chi connectivity index (χ0n) is 17.0. The Hall–Kier alpha value is -3.13. The third kappa shape index (κ3) is 2.95. The molecule has 0 aliphatic heterocycles. The smallest absolute Gasteiger partial charge is 0.144 e. The molecule has 128 valence electrons. The Morgan fingerprint density at radius 2 is 1.50 bits per heavy atom. The maximum Gasteiger partial charge on any atom is 0.144 e. The zero-order valence-corrected chi connectivity index (χ0v) is 15.0. The van der Waals surface area contributed by atoms with Gasteiger partial charge in [-0.05, 0) is 17.0 Å². The number of aromatic nitrogens is 2. The van der Waals surface area contributed by atoms with Crippen LogP contribution in [0.5, 0.6) is 0 Å². The fraction of sp³-hybridized carbons (Fsp3) is 0.125.